The molecule has 0 aliphatic rings. The zero-order valence-corrected chi connectivity index (χ0v) is 10.4. The number of carboxylic acid groups (broad SMARTS) is 1. The Kier molecular flexibility index (Phi) is 3.76. The Morgan fingerprint density at radius 2 is 2.10 bits per heavy atom. The third-order valence-corrected chi connectivity index (χ3v) is 2.42. The quantitative estimate of drug-likeness (QED) is 0.680. The largest absolute Gasteiger partial charge is 0.476 e. The average molecular weight is 296 g/mol. The highest BCUT2D eigenvalue weighted by Crippen LogP contribution is 2.32. The number of rotatable bonds is 4. The van der Waals surface area contributed by atoms with E-state index in [9.17, 15) is 14.9 Å². The highest BCUT2D eigenvalue weighted by molar-refractivity contribution is 6.30. The number of nitro benzene ring substituents is 1. The topological polar surface area (TPSA) is 115 Å². The lowest BCUT2D eigenvalue weighted by atomic mass is 10.3. The van der Waals surface area contributed by atoms with Crippen molar-refractivity contribution >= 4 is 23.3 Å². The van der Waals surface area contributed by atoms with Crippen LogP contribution in [0.25, 0.3) is 0 Å². The number of aromatic nitrogens is 2. The Balaban J connectivity index is 2.31. The fraction of sp³-hybridized carbons (Fsp3) is 0. The van der Waals surface area contributed by atoms with Gasteiger partial charge in [-0.15, -0.1) is 0 Å². The van der Waals surface area contributed by atoms with E-state index in [0.29, 0.717) is 0 Å². The van der Waals surface area contributed by atoms with Crippen LogP contribution in [0, 0.1) is 10.1 Å². The Morgan fingerprint density at radius 1 is 1.35 bits per heavy atom. The molecule has 0 fully saturated rings. The maximum absolute atomic E-state index is 10.8. The number of aromatic carboxylic acids is 1. The molecular formula is C11H6ClN3O5. The van der Waals surface area contributed by atoms with Gasteiger partial charge in [-0.2, -0.15) is 0 Å². The maximum atomic E-state index is 10.8. The summed E-state index contributed by atoms with van der Waals surface area (Å²) in [5.74, 6) is -1.43. The number of hydrogen-bond donors (Lipinski definition) is 1. The fourth-order valence-corrected chi connectivity index (χ4v) is 1.47. The molecule has 0 radical (unpaired) electrons. The minimum Gasteiger partial charge on any atom is -0.476 e. The third kappa shape index (κ3) is 2.98. The summed E-state index contributed by atoms with van der Waals surface area (Å²) in [5.41, 5.74) is -0.559. The Labute approximate surface area is 116 Å². The van der Waals surface area contributed by atoms with Crippen LogP contribution in [-0.4, -0.2) is 26.0 Å². The number of carboxylic acids is 1. The van der Waals surface area contributed by atoms with E-state index in [-0.39, 0.29) is 28.0 Å². The van der Waals surface area contributed by atoms with Gasteiger partial charge in [-0.05, 0) is 6.07 Å². The second-order valence-corrected chi connectivity index (χ2v) is 3.95. The van der Waals surface area contributed by atoms with Crippen LogP contribution < -0.4 is 4.74 Å². The molecule has 2 rings (SSSR count). The van der Waals surface area contributed by atoms with Gasteiger partial charge >= 0.3 is 11.7 Å². The molecule has 0 saturated heterocycles. The summed E-state index contributed by atoms with van der Waals surface area (Å²) in [6, 6.07) is 3.80. The summed E-state index contributed by atoms with van der Waals surface area (Å²) in [6.07, 6.45) is 2.03. The lowest BCUT2D eigenvalue weighted by molar-refractivity contribution is -0.385. The molecule has 0 bridgehead atoms. The normalized spacial score (nSPS) is 10.1. The number of hydrogen-bond acceptors (Lipinski definition) is 6. The van der Waals surface area contributed by atoms with Crippen molar-refractivity contribution in [3.05, 3.63) is 51.4 Å². The Morgan fingerprint density at radius 3 is 2.65 bits per heavy atom. The molecule has 0 atom stereocenters. The fourth-order valence-electron chi connectivity index (χ4n) is 1.31. The smallest absolute Gasteiger partial charge is 0.356 e. The minimum atomic E-state index is -1.24. The van der Waals surface area contributed by atoms with Crippen LogP contribution in [0.5, 0.6) is 11.6 Å². The Bertz CT molecular complexity index is 674. The molecule has 0 spiro atoms. The Hall–Kier alpha value is -2.74. The lowest BCUT2D eigenvalue weighted by Gasteiger charge is -2.05. The van der Waals surface area contributed by atoms with E-state index in [0.717, 1.165) is 12.4 Å². The molecule has 0 amide bonds. The van der Waals surface area contributed by atoms with E-state index in [4.69, 9.17) is 21.4 Å². The van der Waals surface area contributed by atoms with Gasteiger partial charge in [-0.1, -0.05) is 11.6 Å². The van der Waals surface area contributed by atoms with Crippen molar-refractivity contribution in [1.82, 2.24) is 9.97 Å². The highest BCUT2D eigenvalue weighted by atomic mass is 35.5. The van der Waals surface area contributed by atoms with Crippen molar-refractivity contribution in [3.8, 4) is 11.6 Å². The summed E-state index contributed by atoms with van der Waals surface area (Å²) in [5, 5.41) is 19.8. The number of benzene rings is 1. The minimum absolute atomic E-state index is 0.0830. The zero-order valence-electron chi connectivity index (χ0n) is 9.69. The van der Waals surface area contributed by atoms with E-state index in [1.54, 1.807) is 0 Å². The molecule has 0 aliphatic carbocycles. The number of nitro groups is 1. The van der Waals surface area contributed by atoms with Crippen LogP contribution in [-0.2, 0) is 0 Å². The van der Waals surface area contributed by atoms with Gasteiger partial charge in [-0.25, -0.2) is 14.8 Å². The lowest BCUT2D eigenvalue weighted by Crippen LogP contribution is -2.01. The maximum Gasteiger partial charge on any atom is 0.356 e. The molecule has 0 aliphatic heterocycles. The van der Waals surface area contributed by atoms with Gasteiger partial charge in [0, 0.05) is 17.2 Å². The highest BCUT2D eigenvalue weighted by Gasteiger charge is 2.17. The van der Waals surface area contributed by atoms with Crippen LogP contribution in [0.1, 0.15) is 10.5 Å². The average Bonchev–Trinajstić information content (AvgIpc) is 2.39. The van der Waals surface area contributed by atoms with E-state index < -0.39 is 10.9 Å². The van der Waals surface area contributed by atoms with Crippen molar-refractivity contribution in [3.63, 3.8) is 0 Å². The first-order chi connectivity index (χ1) is 9.47. The van der Waals surface area contributed by atoms with Crippen LogP contribution in [0.2, 0.25) is 5.02 Å². The van der Waals surface area contributed by atoms with Crippen LogP contribution in [0.15, 0.2) is 30.6 Å². The molecule has 2 aromatic rings. The first-order valence-corrected chi connectivity index (χ1v) is 5.52. The molecule has 102 valence electrons. The predicted molar refractivity (Wildman–Crippen MR) is 67.2 cm³/mol. The summed E-state index contributed by atoms with van der Waals surface area (Å²) < 4.78 is 5.19. The third-order valence-electron chi connectivity index (χ3n) is 2.18. The molecule has 1 N–H and O–H groups in total. The van der Waals surface area contributed by atoms with E-state index in [1.165, 1.54) is 18.2 Å². The van der Waals surface area contributed by atoms with Gasteiger partial charge < -0.3 is 9.84 Å². The second kappa shape index (κ2) is 5.49. The van der Waals surface area contributed by atoms with Gasteiger partial charge in [0.1, 0.15) is 0 Å². The van der Waals surface area contributed by atoms with Gasteiger partial charge in [0.15, 0.2) is 5.69 Å². The molecule has 8 nitrogen and oxygen atoms in total. The molecule has 1 aromatic heterocycles. The number of ether oxygens (including phenoxy) is 1. The summed E-state index contributed by atoms with van der Waals surface area (Å²) in [6.45, 7) is 0. The molecule has 20 heavy (non-hydrogen) atoms. The van der Waals surface area contributed by atoms with Gasteiger partial charge in [0.25, 0.3) is 0 Å². The first kappa shape index (κ1) is 13.7. The molecule has 1 aromatic carbocycles. The van der Waals surface area contributed by atoms with Crippen molar-refractivity contribution in [2.24, 2.45) is 0 Å². The molecule has 0 saturated carbocycles. The summed E-state index contributed by atoms with van der Waals surface area (Å²) >= 11 is 5.74. The van der Waals surface area contributed by atoms with Gasteiger partial charge in [-0.3, -0.25) is 10.1 Å². The molecular weight excluding hydrogens is 290 g/mol. The van der Waals surface area contributed by atoms with Gasteiger partial charge in [0.2, 0.25) is 11.6 Å². The number of nitrogens with zero attached hydrogens (tertiary/aromatic N) is 3. The van der Waals surface area contributed by atoms with Gasteiger partial charge in [0.05, 0.1) is 17.3 Å². The summed E-state index contributed by atoms with van der Waals surface area (Å²) in [4.78, 5) is 28.1. The second-order valence-electron chi connectivity index (χ2n) is 3.52. The zero-order chi connectivity index (χ0) is 14.7. The SMILES string of the molecule is O=C(O)c1cnc(Oc2cc(Cl)ccc2[N+](=O)[O-])cn1. The number of halogens is 1. The van der Waals surface area contributed by atoms with Crippen LogP contribution >= 0.6 is 11.6 Å². The molecule has 0 unspecified atom stereocenters. The summed E-state index contributed by atoms with van der Waals surface area (Å²) in [7, 11) is 0. The van der Waals surface area contributed by atoms with Crippen LogP contribution in [0.4, 0.5) is 5.69 Å². The standard InChI is InChI=1S/C11H6ClN3O5/c12-6-1-2-8(15(18)19)9(3-6)20-10-5-13-7(4-14-10)11(16)17/h1-5H,(H,16,17). The monoisotopic (exact) mass is 295 g/mol. The number of carbonyl (C=O) groups is 1. The van der Waals surface area contributed by atoms with Crippen LogP contribution in [0.3, 0.4) is 0 Å². The van der Waals surface area contributed by atoms with Crippen molar-refractivity contribution in [2.45, 2.75) is 0 Å². The van der Waals surface area contributed by atoms with Crippen molar-refractivity contribution < 1.29 is 19.6 Å². The van der Waals surface area contributed by atoms with E-state index in [2.05, 4.69) is 9.97 Å². The van der Waals surface area contributed by atoms with Crippen molar-refractivity contribution in [1.29, 1.82) is 0 Å². The molecule has 9 heteroatoms. The van der Waals surface area contributed by atoms with E-state index >= 15 is 0 Å². The first-order valence-electron chi connectivity index (χ1n) is 5.14. The van der Waals surface area contributed by atoms with E-state index in [1.807, 2.05) is 0 Å². The van der Waals surface area contributed by atoms with Crippen molar-refractivity contribution in [2.75, 3.05) is 0 Å². The molecule has 1 heterocycles. The predicted octanol–water partition coefficient (Wildman–Crippen LogP) is 2.53.